The van der Waals surface area contributed by atoms with Crippen molar-refractivity contribution in [2.45, 2.75) is 58.5 Å². The van der Waals surface area contributed by atoms with Crippen molar-refractivity contribution in [3.8, 4) is 0 Å². The molecule has 2 rings (SSSR count). The molecule has 1 aliphatic heterocycles. The molecule has 0 aromatic carbocycles. The number of rotatable bonds is 8. The lowest BCUT2D eigenvalue weighted by Gasteiger charge is -2.22. The third-order valence-corrected chi connectivity index (χ3v) is 3.71. The second-order valence-electron chi connectivity index (χ2n) is 5.33. The second kappa shape index (κ2) is 7.60. The number of likely N-dealkylation sites (N-methyl/N-ethyl adjacent to an activating group) is 1. The Morgan fingerprint density at radius 3 is 3.00 bits per heavy atom. The summed E-state index contributed by atoms with van der Waals surface area (Å²) in [4.78, 5) is 6.85. The summed E-state index contributed by atoms with van der Waals surface area (Å²) < 4.78 is 5.34. The van der Waals surface area contributed by atoms with Crippen molar-refractivity contribution in [3.63, 3.8) is 0 Å². The molecule has 0 aliphatic carbocycles. The minimum Gasteiger partial charge on any atom is -0.338 e. The van der Waals surface area contributed by atoms with Gasteiger partial charge in [0.1, 0.15) is 0 Å². The summed E-state index contributed by atoms with van der Waals surface area (Å²) in [7, 11) is 0. The number of aromatic nitrogens is 2. The van der Waals surface area contributed by atoms with Crippen LogP contribution in [0.25, 0.3) is 0 Å². The average molecular weight is 266 g/mol. The number of aryl methyl sites for hydroxylation is 1. The predicted molar refractivity (Wildman–Crippen MR) is 74.9 cm³/mol. The number of nitrogens with one attached hydrogen (secondary N) is 1. The fourth-order valence-electron chi connectivity index (χ4n) is 2.51. The highest BCUT2D eigenvalue weighted by Crippen LogP contribution is 2.10. The van der Waals surface area contributed by atoms with Gasteiger partial charge in [-0.15, -0.1) is 0 Å². The lowest BCUT2D eigenvalue weighted by Crippen LogP contribution is -2.37. The summed E-state index contributed by atoms with van der Waals surface area (Å²) in [5.41, 5.74) is 0. The minimum absolute atomic E-state index is 0.627. The van der Waals surface area contributed by atoms with E-state index in [0.717, 1.165) is 57.2 Å². The van der Waals surface area contributed by atoms with Crippen molar-refractivity contribution in [2.75, 3.05) is 19.6 Å². The maximum Gasteiger partial charge on any atom is 0.240 e. The van der Waals surface area contributed by atoms with Crippen LogP contribution >= 0.6 is 0 Å². The lowest BCUT2D eigenvalue weighted by molar-refractivity contribution is 0.218. The summed E-state index contributed by atoms with van der Waals surface area (Å²) in [5.74, 6) is 1.61. The van der Waals surface area contributed by atoms with Crippen molar-refractivity contribution < 1.29 is 4.52 Å². The molecule has 5 nitrogen and oxygen atoms in total. The van der Waals surface area contributed by atoms with Gasteiger partial charge in [-0.2, -0.15) is 4.98 Å². The van der Waals surface area contributed by atoms with Crippen LogP contribution in [0.15, 0.2) is 4.52 Å². The molecule has 1 aromatic rings. The Labute approximate surface area is 115 Å². The van der Waals surface area contributed by atoms with E-state index in [1.54, 1.807) is 0 Å². The van der Waals surface area contributed by atoms with Gasteiger partial charge in [0.05, 0.1) is 6.54 Å². The molecule has 0 spiro atoms. The Bertz CT molecular complexity index is 360. The molecular formula is C14H26N4O. The monoisotopic (exact) mass is 266 g/mol. The molecule has 0 amide bonds. The molecular weight excluding hydrogens is 240 g/mol. The van der Waals surface area contributed by atoms with Crippen molar-refractivity contribution in [2.24, 2.45) is 0 Å². The van der Waals surface area contributed by atoms with E-state index in [4.69, 9.17) is 4.52 Å². The van der Waals surface area contributed by atoms with Crippen LogP contribution in [0.2, 0.25) is 0 Å². The molecule has 0 radical (unpaired) electrons. The second-order valence-corrected chi connectivity index (χ2v) is 5.33. The van der Waals surface area contributed by atoms with Gasteiger partial charge in [0.25, 0.3) is 0 Å². The van der Waals surface area contributed by atoms with Crippen LogP contribution in [0.3, 0.4) is 0 Å². The quantitative estimate of drug-likeness (QED) is 0.780. The highest BCUT2D eigenvalue weighted by Gasteiger charge is 2.18. The van der Waals surface area contributed by atoms with Crippen LogP contribution in [0, 0.1) is 0 Å². The molecule has 1 saturated heterocycles. The molecule has 1 atom stereocenters. The molecule has 1 aliphatic rings. The SMILES string of the molecule is CCCCc1noc(CN(CC)CC2CCCN2)n1. The van der Waals surface area contributed by atoms with Gasteiger partial charge in [0, 0.05) is 19.0 Å². The van der Waals surface area contributed by atoms with E-state index in [2.05, 4.69) is 34.2 Å². The van der Waals surface area contributed by atoms with Crippen molar-refractivity contribution in [1.82, 2.24) is 20.4 Å². The van der Waals surface area contributed by atoms with Gasteiger partial charge in [0.2, 0.25) is 5.89 Å². The van der Waals surface area contributed by atoms with Crippen molar-refractivity contribution in [1.29, 1.82) is 0 Å². The first-order valence-corrected chi connectivity index (χ1v) is 7.59. The van der Waals surface area contributed by atoms with Crippen LogP contribution in [0.5, 0.6) is 0 Å². The van der Waals surface area contributed by atoms with E-state index in [0.29, 0.717) is 6.04 Å². The van der Waals surface area contributed by atoms with Crippen LogP contribution in [-0.4, -0.2) is 40.7 Å². The molecule has 1 unspecified atom stereocenters. The molecule has 1 aromatic heterocycles. The van der Waals surface area contributed by atoms with E-state index < -0.39 is 0 Å². The zero-order valence-electron chi connectivity index (χ0n) is 12.2. The lowest BCUT2D eigenvalue weighted by atomic mass is 10.2. The third kappa shape index (κ3) is 4.58. The Kier molecular flexibility index (Phi) is 5.79. The molecule has 1 N–H and O–H groups in total. The molecule has 19 heavy (non-hydrogen) atoms. The molecule has 1 fully saturated rings. The van der Waals surface area contributed by atoms with Crippen LogP contribution in [0.4, 0.5) is 0 Å². The fraction of sp³-hybridized carbons (Fsp3) is 0.857. The van der Waals surface area contributed by atoms with E-state index in [1.165, 1.54) is 12.8 Å². The van der Waals surface area contributed by atoms with E-state index in [9.17, 15) is 0 Å². The van der Waals surface area contributed by atoms with E-state index >= 15 is 0 Å². The Hall–Kier alpha value is -0.940. The van der Waals surface area contributed by atoms with Crippen molar-refractivity contribution >= 4 is 0 Å². The Balaban J connectivity index is 1.81. The molecule has 0 bridgehead atoms. The van der Waals surface area contributed by atoms with Crippen LogP contribution in [0.1, 0.15) is 51.2 Å². The van der Waals surface area contributed by atoms with Gasteiger partial charge in [-0.25, -0.2) is 0 Å². The highest BCUT2D eigenvalue weighted by atomic mass is 16.5. The summed E-state index contributed by atoms with van der Waals surface area (Å²) in [6, 6.07) is 0.627. The minimum atomic E-state index is 0.627. The summed E-state index contributed by atoms with van der Waals surface area (Å²) in [6.45, 7) is 8.38. The zero-order valence-corrected chi connectivity index (χ0v) is 12.2. The first-order chi connectivity index (χ1) is 9.31. The number of hydrogen-bond acceptors (Lipinski definition) is 5. The number of nitrogens with zero attached hydrogens (tertiary/aromatic N) is 3. The van der Waals surface area contributed by atoms with Gasteiger partial charge >= 0.3 is 0 Å². The summed E-state index contributed by atoms with van der Waals surface area (Å²) in [6.07, 6.45) is 5.79. The fourth-order valence-corrected chi connectivity index (χ4v) is 2.51. The molecule has 2 heterocycles. The molecule has 5 heteroatoms. The van der Waals surface area contributed by atoms with Gasteiger partial charge < -0.3 is 9.84 Å². The van der Waals surface area contributed by atoms with E-state index in [-0.39, 0.29) is 0 Å². The van der Waals surface area contributed by atoms with Crippen LogP contribution in [-0.2, 0) is 13.0 Å². The van der Waals surface area contributed by atoms with E-state index in [1.807, 2.05) is 0 Å². The maximum atomic E-state index is 5.34. The number of hydrogen-bond donors (Lipinski definition) is 1. The third-order valence-electron chi connectivity index (χ3n) is 3.71. The summed E-state index contributed by atoms with van der Waals surface area (Å²) >= 11 is 0. The number of unbranched alkanes of at least 4 members (excludes halogenated alkanes) is 1. The molecule has 0 saturated carbocycles. The average Bonchev–Trinajstić information content (AvgIpc) is 3.07. The summed E-state index contributed by atoms with van der Waals surface area (Å²) in [5, 5.41) is 7.58. The zero-order chi connectivity index (χ0) is 13.5. The highest BCUT2D eigenvalue weighted by molar-refractivity contribution is 4.87. The Morgan fingerprint density at radius 2 is 2.32 bits per heavy atom. The van der Waals surface area contributed by atoms with Gasteiger partial charge in [0.15, 0.2) is 5.82 Å². The largest absolute Gasteiger partial charge is 0.338 e. The van der Waals surface area contributed by atoms with Gasteiger partial charge in [-0.1, -0.05) is 25.4 Å². The van der Waals surface area contributed by atoms with Gasteiger partial charge in [-0.05, 0) is 32.4 Å². The first-order valence-electron chi connectivity index (χ1n) is 7.59. The standard InChI is InChI=1S/C14H26N4O/c1-3-5-8-13-16-14(19-17-13)11-18(4-2)10-12-7-6-9-15-12/h12,15H,3-11H2,1-2H3. The topological polar surface area (TPSA) is 54.2 Å². The molecule has 108 valence electrons. The normalized spacial score (nSPS) is 19.4. The first kappa shape index (κ1) is 14.5. The van der Waals surface area contributed by atoms with Crippen LogP contribution < -0.4 is 5.32 Å². The van der Waals surface area contributed by atoms with Gasteiger partial charge in [-0.3, -0.25) is 4.90 Å². The smallest absolute Gasteiger partial charge is 0.240 e. The Morgan fingerprint density at radius 1 is 1.42 bits per heavy atom. The maximum absolute atomic E-state index is 5.34. The predicted octanol–water partition coefficient (Wildman–Crippen LogP) is 1.99. The van der Waals surface area contributed by atoms with Crippen molar-refractivity contribution in [3.05, 3.63) is 11.7 Å².